The highest BCUT2D eigenvalue weighted by Gasteiger charge is 2.30. The summed E-state index contributed by atoms with van der Waals surface area (Å²) < 4.78 is 16.5. The summed E-state index contributed by atoms with van der Waals surface area (Å²) in [5, 5.41) is 10.9. The largest absolute Gasteiger partial charge is 0.480 e. The lowest BCUT2D eigenvalue weighted by Crippen LogP contribution is -2.44. The third kappa shape index (κ3) is 3.87. The van der Waals surface area contributed by atoms with Crippen LogP contribution < -0.4 is 10.1 Å². The molecular weight excluding hydrogens is 326 g/mol. The Morgan fingerprint density at radius 1 is 1.44 bits per heavy atom. The molecule has 2 amide bonds. The van der Waals surface area contributed by atoms with Crippen LogP contribution >= 0.6 is 0 Å². The highest BCUT2D eigenvalue weighted by molar-refractivity contribution is 5.90. The molecule has 2 aromatic heterocycles. The van der Waals surface area contributed by atoms with Crippen molar-refractivity contribution in [3.8, 4) is 5.88 Å². The molecule has 1 atom stereocenters. The van der Waals surface area contributed by atoms with E-state index in [1.54, 1.807) is 23.2 Å². The minimum absolute atomic E-state index is 0.141. The number of morpholine rings is 1. The molecule has 0 aliphatic carbocycles. The van der Waals surface area contributed by atoms with Gasteiger partial charge in [0.25, 0.3) is 0 Å². The Labute approximate surface area is 145 Å². The second kappa shape index (κ2) is 7.47. The van der Waals surface area contributed by atoms with E-state index >= 15 is 0 Å². The first-order valence-corrected chi connectivity index (χ1v) is 8.08. The molecule has 1 saturated heterocycles. The fraction of sp³-hybridized carbons (Fsp3) is 0.500. The molecule has 1 fully saturated rings. The number of hydrogen-bond acceptors (Lipinski definition) is 7. The first kappa shape index (κ1) is 17.2. The van der Waals surface area contributed by atoms with Gasteiger partial charge in [0.05, 0.1) is 20.3 Å². The van der Waals surface area contributed by atoms with E-state index in [4.69, 9.17) is 13.9 Å². The monoisotopic (exact) mass is 347 g/mol. The van der Waals surface area contributed by atoms with Gasteiger partial charge in [-0.2, -0.15) is 0 Å². The Kier molecular flexibility index (Phi) is 5.13. The van der Waals surface area contributed by atoms with E-state index in [1.165, 1.54) is 7.11 Å². The van der Waals surface area contributed by atoms with Gasteiger partial charge in [0.2, 0.25) is 17.7 Å². The van der Waals surface area contributed by atoms with E-state index < -0.39 is 6.10 Å². The number of hydrogen-bond donors (Lipinski definition) is 1. The number of aromatic nitrogens is 3. The van der Waals surface area contributed by atoms with Crippen molar-refractivity contribution in [3.05, 3.63) is 30.1 Å². The molecule has 0 radical (unpaired) electrons. The Balaban J connectivity index is 1.67. The van der Waals surface area contributed by atoms with Crippen LogP contribution in [0.5, 0.6) is 5.88 Å². The van der Waals surface area contributed by atoms with Gasteiger partial charge in [0.15, 0.2) is 6.10 Å². The molecule has 0 unspecified atom stereocenters. The molecule has 0 bridgehead atoms. The Hall–Kier alpha value is -2.68. The number of carbonyl (C=O) groups excluding carboxylic acids is 1. The number of pyridine rings is 1. The lowest BCUT2D eigenvalue weighted by Gasteiger charge is -2.31. The van der Waals surface area contributed by atoms with E-state index in [-0.39, 0.29) is 11.9 Å². The van der Waals surface area contributed by atoms with Crippen molar-refractivity contribution >= 4 is 11.7 Å². The van der Waals surface area contributed by atoms with Gasteiger partial charge in [-0.25, -0.2) is 9.78 Å². The summed E-state index contributed by atoms with van der Waals surface area (Å²) in [5.74, 6) is 1.45. The lowest BCUT2D eigenvalue weighted by atomic mass is 10.2. The maximum atomic E-state index is 12.5. The minimum Gasteiger partial charge on any atom is -0.480 e. The molecule has 1 N–H and O–H groups in total. The van der Waals surface area contributed by atoms with Crippen LogP contribution in [0.1, 0.15) is 37.7 Å². The van der Waals surface area contributed by atoms with E-state index in [1.807, 2.05) is 13.8 Å². The van der Waals surface area contributed by atoms with Gasteiger partial charge >= 0.3 is 6.03 Å². The number of methoxy groups -OCH3 is 1. The van der Waals surface area contributed by atoms with Crippen LogP contribution in [0.25, 0.3) is 0 Å². The van der Waals surface area contributed by atoms with E-state index in [2.05, 4.69) is 20.5 Å². The van der Waals surface area contributed by atoms with Gasteiger partial charge in [-0.1, -0.05) is 13.8 Å². The SMILES string of the molecule is COc1ncccc1NC(=O)N1CCO[C@H](c2nnc(C(C)C)o2)C1. The van der Waals surface area contributed by atoms with Crippen LogP contribution in [0.15, 0.2) is 22.7 Å². The van der Waals surface area contributed by atoms with E-state index in [0.29, 0.717) is 43.0 Å². The number of nitrogens with zero attached hydrogens (tertiary/aromatic N) is 4. The average Bonchev–Trinajstić information content (AvgIpc) is 3.13. The smallest absolute Gasteiger partial charge is 0.322 e. The van der Waals surface area contributed by atoms with Crippen molar-refractivity contribution in [2.24, 2.45) is 0 Å². The summed E-state index contributed by atoms with van der Waals surface area (Å²) >= 11 is 0. The average molecular weight is 347 g/mol. The molecule has 3 rings (SSSR count). The van der Waals surface area contributed by atoms with Gasteiger partial charge in [0.1, 0.15) is 5.69 Å². The third-order valence-electron chi connectivity index (χ3n) is 3.79. The number of rotatable bonds is 4. The van der Waals surface area contributed by atoms with Crippen molar-refractivity contribution < 1.29 is 18.7 Å². The molecular formula is C16H21N5O4. The maximum Gasteiger partial charge on any atom is 0.322 e. The number of amides is 2. The normalized spacial score (nSPS) is 17.6. The molecule has 134 valence electrons. The third-order valence-corrected chi connectivity index (χ3v) is 3.79. The second-order valence-corrected chi connectivity index (χ2v) is 5.93. The van der Waals surface area contributed by atoms with Crippen LogP contribution in [-0.4, -0.2) is 52.9 Å². The van der Waals surface area contributed by atoms with Crippen molar-refractivity contribution in [3.63, 3.8) is 0 Å². The van der Waals surface area contributed by atoms with Crippen LogP contribution in [-0.2, 0) is 4.74 Å². The first-order chi connectivity index (χ1) is 12.1. The molecule has 3 heterocycles. The zero-order chi connectivity index (χ0) is 17.8. The maximum absolute atomic E-state index is 12.5. The Morgan fingerprint density at radius 2 is 2.28 bits per heavy atom. The van der Waals surface area contributed by atoms with Crippen LogP contribution in [0.3, 0.4) is 0 Å². The minimum atomic E-state index is -0.435. The Bertz CT molecular complexity index is 733. The lowest BCUT2D eigenvalue weighted by molar-refractivity contribution is -0.0276. The van der Waals surface area contributed by atoms with Gasteiger partial charge in [0, 0.05) is 18.7 Å². The van der Waals surface area contributed by atoms with Crippen molar-refractivity contribution in [2.75, 3.05) is 32.1 Å². The van der Waals surface area contributed by atoms with E-state index in [0.717, 1.165) is 0 Å². The predicted octanol–water partition coefficient (Wildman–Crippen LogP) is 2.20. The molecule has 0 spiro atoms. The molecule has 0 saturated carbocycles. The fourth-order valence-corrected chi connectivity index (χ4v) is 2.44. The topological polar surface area (TPSA) is 103 Å². The van der Waals surface area contributed by atoms with Gasteiger partial charge in [-0.05, 0) is 12.1 Å². The quantitative estimate of drug-likeness (QED) is 0.904. The molecule has 1 aliphatic heterocycles. The van der Waals surface area contributed by atoms with Gasteiger partial charge in [-0.3, -0.25) is 0 Å². The number of nitrogens with one attached hydrogen (secondary N) is 1. The van der Waals surface area contributed by atoms with Gasteiger partial charge in [-0.15, -0.1) is 10.2 Å². The van der Waals surface area contributed by atoms with Crippen LogP contribution in [0.2, 0.25) is 0 Å². The summed E-state index contributed by atoms with van der Waals surface area (Å²) in [7, 11) is 1.50. The number of carbonyl (C=O) groups is 1. The summed E-state index contributed by atoms with van der Waals surface area (Å²) in [6.07, 6.45) is 1.16. The van der Waals surface area contributed by atoms with E-state index in [9.17, 15) is 4.79 Å². The number of anilines is 1. The molecule has 9 heteroatoms. The Morgan fingerprint density at radius 3 is 3.00 bits per heavy atom. The molecule has 0 aromatic carbocycles. The number of urea groups is 1. The fourth-order valence-electron chi connectivity index (χ4n) is 2.44. The predicted molar refractivity (Wildman–Crippen MR) is 88.5 cm³/mol. The van der Waals surface area contributed by atoms with Crippen LogP contribution in [0, 0.1) is 0 Å². The zero-order valence-corrected chi connectivity index (χ0v) is 14.4. The summed E-state index contributed by atoms with van der Waals surface area (Å²) in [6, 6.07) is 3.20. The summed E-state index contributed by atoms with van der Waals surface area (Å²) in [6.45, 7) is 5.13. The molecule has 9 nitrogen and oxygen atoms in total. The first-order valence-electron chi connectivity index (χ1n) is 8.08. The van der Waals surface area contributed by atoms with Crippen molar-refractivity contribution in [1.29, 1.82) is 0 Å². The van der Waals surface area contributed by atoms with Gasteiger partial charge < -0.3 is 24.1 Å². The summed E-state index contributed by atoms with van der Waals surface area (Å²) in [5.41, 5.74) is 0.512. The number of ether oxygens (including phenoxy) is 2. The highest BCUT2D eigenvalue weighted by atomic mass is 16.5. The van der Waals surface area contributed by atoms with Crippen LogP contribution in [0.4, 0.5) is 10.5 Å². The molecule has 1 aliphatic rings. The standard InChI is InChI=1S/C16H21N5O4/c1-10(2)13-19-20-15(25-13)12-9-21(7-8-24-12)16(22)18-11-5-4-6-17-14(11)23-3/h4-6,10,12H,7-9H2,1-3H3,(H,18,22)/t12-/m0/s1. The zero-order valence-electron chi connectivity index (χ0n) is 14.4. The molecule has 25 heavy (non-hydrogen) atoms. The molecule has 2 aromatic rings. The van der Waals surface area contributed by atoms with Crippen molar-refractivity contribution in [1.82, 2.24) is 20.1 Å². The van der Waals surface area contributed by atoms with Crippen molar-refractivity contribution in [2.45, 2.75) is 25.9 Å². The second-order valence-electron chi connectivity index (χ2n) is 5.93. The highest BCUT2D eigenvalue weighted by Crippen LogP contribution is 2.25. The summed E-state index contributed by atoms with van der Waals surface area (Å²) in [4.78, 5) is 18.2.